The van der Waals surface area contributed by atoms with Crippen LogP contribution in [-0.2, 0) is 32.6 Å². The summed E-state index contributed by atoms with van der Waals surface area (Å²) in [4.78, 5) is 29.2. The molecule has 0 saturated carbocycles. The molecule has 10 heteroatoms. The van der Waals surface area contributed by atoms with Crippen LogP contribution in [-0.4, -0.2) is 50.9 Å². The van der Waals surface area contributed by atoms with Gasteiger partial charge >= 0.3 is 0 Å². The van der Waals surface area contributed by atoms with E-state index in [1.165, 1.54) is 41.3 Å². The predicted octanol–water partition coefficient (Wildman–Crippen LogP) is 5.20. The van der Waals surface area contributed by atoms with E-state index in [0.29, 0.717) is 24.5 Å². The Labute approximate surface area is 258 Å². The van der Waals surface area contributed by atoms with Gasteiger partial charge in [0.15, 0.2) is 0 Å². The minimum atomic E-state index is -4.21. The second kappa shape index (κ2) is 15.2. The number of carbonyl (C=O) groups excluding carboxylic acids is 2. The van der Waals surface area contributed by atoms with Gasteiger partial charge in [0.05, 0.1) is 17.2 Å². The number of nitrogens with zero attached hydrogens (tertiary/aromatic N) is 2. The van der Waals surface area contributed by atoms with Crippen molar-refractivity contribution < 1.29 is 27.1 Å². The Hall–Kier alpha value is -4.70. The van der Waals surface area contributed by atoms with Crippen molar-refractivity contribution in [3.05, 3.63) is 126 Å². The van der Waals surface area contributed by atoms with Crippen molar-refractivity contribution in [2.45, 2.75) is 37.8 Å². The number of rotatable bonds is 14. The maximum atomic E-state index is 14.3. The molecule has 0 aliphatic rings. The number of carbonyl (C=O) groups is 2. The van der Waals surface area contributed by atoms with Gasteiger partial charge in [0, 0.05) is 19.5 Å². The molecule has 0 saturated heterocycles. The van der Waals surface area contributed by atoms with Crippen LogP contribution in [0.25, 0.3) is 0 Å². The van der Waals surface area contributed by atoms with Gasteiger partial charge in [-0.05, 0) is 73.5 Å². The largest absolute Gasteiger partial charge is 0.494 e. The molecule has 1 N–H and O–H groups in total. The molecule has 0 heterocycles. The van der Waals surface area contributed by atoms with Gasteiger partial charge in [0.25, 0.3) is 10.0 Å². The number of benzene rings is 4. The lowest BCUT2D eigenvalue weighted by Gasteiger charge is -2.33. The summed E-state index contributed by atoms with van der Waals surface area (Å²) < 4.78 is 48.3. The summed E-state index contributed by atoms with van der Waals surface area (Å²) in [6.07, 6.45) is 0.189. The van der Waals surface area contributed by atoms with Crippen LogP contribution >= 0.6 is 0 Å². The van der Waals surface area contributed by atoms with Gasteiger partial charge in [-0.1, -0.05) is 60.7 Å². The summed E-state index contributed by atoms with van der Waals surface area (Å²) in [5.74, 6) is -0.871. The molecule has 0 aromatic heterocycles. The Morgan fingerprint density at radius 3 is 2.02 bits per heavy atom. The van der Waals surface area contributed by atoms with Crippen molar-refractivity contribution in [1.29, 1.82) is 0 Å². The summed E-state index contributed by atoms with van der Waals surface area (Å²) in [6.45, 7) is 3.76. The molecule has 8 nitrogen and oxygen atoms in total. The molecule has 2 amide bonds. The van der Waals surface area contributed by atoms with E-state index in [1.807, 2.05) is 37.3 Å². The van der Waals surface area contributed by atoms with Crippen LogP contribution in [0.1, 0.15) is 25.0 Å². The Balaban J connectivity index is 1.78. The number of hydrogen-bond donors (Lipinski definition) is 1. The lowest BCUT2D eigenvalue weighted by atomic mass is 10.0. The van der Waals surface area contributed by atoms with Gasteiger partial charge in [0.2, 0.25) is 11.8 Å². The van der Waals surface area contributed by atoms with E-state index in [0.717, 1.165) is 9.87 Å². The highest BCUT2D eigenvalue weighted by molar-refractivity contribution is 7.92. The van der Waals surface area contributed by atoms with Crippen molar-refractivity contribution >= 4 is 27.5 Å². The Bertz CT molecular complexity index is 1620. The Morgan fingerprint density at radius 2 is 1.43 bits per heavy atom. The molecular formula is C34H36FN3O5S. The van der Waals surface area contributed by atoms with E-state index in [-0.39, 0.29) is 29.5 Å². The van der Waals surface area contributed by atoms with Crippen LogP contribution in [0.15, 0.2) is 114 Å². The van der Waals surface area contributed by atoms with Gasteiger partial charge < -0.3 is 15.0 Å². The fourth-order valence-corrected chi connectivity index (χ4v) is 6.19. The third-order valence-electron chi connectivity index (χ3n) is 6.93. The highest BCUT2D eigenvalue weighted by atomic mass is 32.2. The summed E-state index contributed by atoms with van der Waals surface area (Å²) in [5, 5.41) is 2.82. The minimum absolute atomic E-state index is 0.0105. The van der Waals surface area contributed by atoms with Crippen LogP contribution in [0.3, 0.4) is 0 Å². The fourth-order valence-electron chi connectivity index (χ4n) is 4.76. The topological polar surface area (TPSA) is 96.0 Å². The fraction of sp³-hybridized carbons (Fsp3) is 0.235. The van der Waals surface area contributed by atoms with Crippen LogP contribution in [0.4, 0.5) is 10.1 Å². The maximum absolute atomic E-state index is 14.3. The van der Waals surface area contributed by atoms with Gasteiger partial charge in [-0.3, -0.25) is 13.9 Å². The molecule has 4 aromatic rings. The first kappa shape index (κ1) is 32.2. The molecule has 230 valence electrons. The molecule has 0 fully saturated rings. The molecule has 1 atom stereocenters. The second-order valence-corrected chi connectivity index (χ2v) is 11.9. The summed E-state index contributed by atoms with van der Waals surface area (Å²) in [6, 6.07) is 28.2. The molecule has 0 radical (unpaired) electrons. The number of anilines is 1. The molecular weight excluding hydrogens is 581 g/mol. The number of likely N-dealkylation sites (N-methyl/N-ethyl adjacent to an activating group) is 1. The van der Waals surface area contributed by atoms with E-state index in [1.54, 1.807) is 49.4 Å². The SMILES string of the molecule is CCNC(=O)C(Cc1ccccc1)N(Cc1ccc(F)cc1)C(=O)CN(c1ccc(OCC)cc1)S(=O)(=O)c1ccccc1. The lowest BCUT2D eigenvalue weighted by molar-refractivity contribution is -0.140. The Kier molecular flexibility index (Phi) is 11.1. The van der Waals surface area contributed by atoms with E-state index < -0.39 is 34.3 Å². The van der Waals surface area contributed by atoms with Crippen LogP contribution in [0.2, 0.25) is 0 Å². The first-order valence-corrected chi connectivity index (χ1v) is 15.8. The maximum Gasteiger partial charge on any atom is 0.264 e. The first-order chi connectivity index (χ1) is 21.2. The summed E-state index contributed by atoms with van der Waals surface area (Å²) in [5.41, 5.74) is 1.66. The summed E-state index contributed by atoms with van der Waals surface area (Å²) in [7, 11) is -4.21. The molecule has 1 unspecified atom stereocenters. The average molecular weight is 618 g/mol. The molecule has 0 aliphatic carbocycles. The van der Waals surface area contributed by atoms with Crippen LogP contribution < -0.4 is 14.4 Å². The zero-order valence-electron chi connectivity index (χ0n) is 24.7. The molecule has 0 spiro atoms. The van der Waals surface area contributed by atoms with Gasteiger partial charge in [0.1, 0.15) is 24.2 Å². The average Bonchev–Trinajstić information content (AvgIpc) is 3.04. The van der Waals surface area contributed by atoms with Crippen molar-refractivity contribution in [1.82, 2.24) is 10.2 Å². The molecule has 0 bridgehead atoms. The molecule has 44 heavy (non-hydrogen) atoms. The minimum Gasteiger partial charge on any atom is -0.494 e. The lowest BCUT2D eigenvalue weighted by Crippen LogP contribution is -2.53. The Morgan fingerprint density at radius 1 is 0.818 bits per heavy atom. The van der Waals surface area contributed by atoms with E-state index in [4.69, 9.17) is 4.74 Å². The molecule has 0 aliphatic heterocycles. The number of amides is 2. The quantitative estimate of drug-likeness (QED) is 0.210. The number of ether oxygens (including phenoxy) is 1. The number of sulfonamides is 1. The van der Waals surface area contributed by atoms with E-state index >= 15 is 0 Å². The van der Waals surface area contributed by atoms with E-state index in [2.05, 4.69) is 5.32 Å². The van der Waals surface area contributed by atoms with Crippen molar-refractivity contribution in [2.24, 2.45) is 0 Å². The normalized spacial score (nSPS) is 11.8. The monoisotopic (exact) mass is 617 g/mol. The summed E-state index contributed by atoms with van der Waals surface area (Å²) >= 11 is 0. The van der Waals surface area contributed by atoms with Gasteiger partial charge in [-0.2, -0.15) is 0 Å². The zero-order valence-corrected chi connectivity index (χ0v) is 25.5. The highest BCUT2D eigenvalue weighted by Gasteiger charge is 2.34. The van der Waals surface area contributed by atoms with Gasteiger partial charge in [-0.25, -0.2) is 12.8 Å². The zero-order chi connectivity index (χ0) is 31.5. The number of halogens is 1. The highest BCUT2D eigenvalue weighted by Crippen LogP contribution is 2.27. The second-order valence-electron chi connectivity index (χ2n) is 10.00. The standard InChI is InChI=1S/C34H36FN3O5S/c1-3-36-34(40)32(23-26-11-7-5-8-12-26)37(24-27-15-17-28(35)18-16-27)33(39)25-38(29-19-21-30(22-20-29)43-4-2)44(41,42)31-13-9-6-10-14-31/h5-22,32H,3-4,23-25H2,1-2H3,(H,36,40). The van der Waals surface area contributed by atoms with Crippen molar-refractivity contribution in [2.75, 3.05) is 24.0 Å². The van der Waals surface area contributed by atoms with Crippen molar-refractivity contribution in [3.63, 3.8) is 0 Å². The first-order valence-electron chi connectivity index (χ1n) is 14.4. The van der Waals surface area contributed by atoms with E-state index in [9.17, 15) is 22.4 Å². The molecule has 4 aromatic carbocycles. The van der Waals surface area contributed by atoms with Gasteiger partial charge in [-0.15, -0.1) is 0 Å². The predicted molar refractivity (Wildman–Crippen MR) is 168 cm³/mol. The smallest absolute Gasteiger partial charge is 0.264 e. The molecule has 4 rings (SSSR count). The third-order valence-corrected chi connectivity index (χ3v) is 8.72. The van der Waals surface area contributed by atoms with Crippen LogP contribution in [0.5, 0.6) is 5.75 Å². The van der Waals surface area contributed by atoms with Crippen molar-refractivity contribution in [3.8, 4) is 5.75 Å². The van der Waals surface area contributed by atoms with Crippen LogP contribution in [0, 0.1) is 5.82 Å². The number of hydrogen-bond acceptors (Lipinski definition) is 5. The number of nitrogens with one attached hydrogen (secondary N) is 1. The third kappa shape index (κ3) is 8.23.